The van der Waals surface area contributed by atoms with E-state index in [0.29, 0.717) is 32.9 Å². The molecule has 0 aromatic heterocycles. The van der Waals surface area contributed by atoms with E-state index in [1.54, 1.807) is 184 Å². The van der Waals surface area contributed by atoms with E-state index in [4.69, 9.17) is 65.4 Å². The molecule has 4 atom stereocenters. The summed E-state index contributed by atoms with van der Waals surface area (Å²) in [7, 11) is 7.62. The zero-order chi connectivity index (χ0) is 65.4. The smallest absolute Gasteiger partial charge is 0.410 e. The van der Waals surface area contributed by atoms with E-state index in [9.17, 15) is 48.6 Å². The summed E-state index contributed by atoms with van der Waals surface area (Å²) in [5.41, 5.74) is 0.918. The van der Waals surface area contributed by atoms with Crippen LogP contribution in [0.1, 0.15) is 112 Å². The maximum absolute atomic E-state index is 12.2. The minimum atomic E-state index is -1.08. The van der Waals surface area contributed by atoms with Gasteiger partial charge in [0.15, 0.2) is 0 Å². The topological polar surface area (TPSA) is 248 Å². The van der Waals surface area contributed by atoms with Gasteiger partial charge >= 0.3 is 36.2 Å². The van der Waals surface area contributed by atoms with Crippen LogP contribution >= 0.6 is 46.4 Å². The van der Waals surface area contributed by atoms with Crippen LogP contribution in [0.3, 0.4) is 0 Å². The predicted octanol–water partition coefficient (Wildman–Crippen LogP) is 11.9. The highest BCUT2D eigenvalue weighted by Crippen LogP contribution is 2.22. The number of carbonyl (C=O) groups is 8. The molecule has 0 bridgehead atoms. The molecule has 0 unspecified atom stereocenters. The summed E-state index contributed by atoms with van der Waals surface area (Å²) in [5.74, 6) is -3.89. The third-order valence-electron chi connectivity index (χ3n) is 11.4. The molecule has 19 nitrogen and oxygen atoms in total. The van der Waals surface area contributed by atoms with Gasteiger partial charge < -0.3 is 39.8 Å². The van der Waals surface area contributed by atoms with Crippen LogP contribution in [0, 0.1) is 5.92 Å². The standard InChI is InChI=1S/2C16H23ClN2O3.C15H20ClNO4.C15H19ClO4.B/c2*1-16(2,3)22-15(21)19(5)13(14(20)18-4)10-11-6-8-12(17)9-7-11;1-15(2,3)21-14(20)17(4)12(13(18)19)9-10-5-7-11(16)8-6-10;1-15(2,3)20-13(17)9-11(14(18)19)8-10-4-6-12(16)7-5-10;/h2*6-9,13H,10H2,1-5H3,(H,18,20);5-8,12H,9H2,1-4H3,(H,18,19);4-7,11H,8-9H2,1-3H3,(H,18,19);/t2*13-;12-;11-;/m1110./s1. The molecule has 4 rings (SSSR count). The van der Waals surface area contributed by atoms with Crippen molar-refractivity contribution < 1.29 is 67.5 Å². The van der Waals surface area contributed by atoms with E-state index in [2.05, 4.69) is 10.6 Å². The van der Waals surface area contributed by atoms with Crippen molar-refractivity contribution in [3.8, 4) is 0 Å². The Balaban J connectivity index is 0.00000112. The Hall–Kier alpha value is -6.74. The Labute approximate surface area is 529 Å². The molecule has 0 spiro atoms. The van der Waals surface area contributed by atoms with Gasteiger partial charge in [0, 0.05) is 83.0 Å². The van der Waals surface area contributed by atoms with Crippen molar-refractivity contribution >= 4 is 103 Å². The van der Waals surface area contributed by atoms with Crippen LogP contribution in [0.2, 0.25) is 20.1 Å². The first-order chi connectivity index (χ1) is 39.0. The van der Waals surface area contributed by atoms with Gasteiger partial charge in [-0.05, 0) is 160 Å². The van der Waals surface area contributed by atoms with E-state index < -0.39 is 82.6 Å². The lowest BCUT2D eigenvalue weighted by Gasteiger charge is -2.29. The number of aliphatic carboxylic acids is 2. The number of carboxylic acids is 2. The van der Waals surface area contributed by atoms with E-state index in [0.717, 1.165) is 27.2 Å². The van der Waals surface area contributed by atoms with Gasteiger partial charge in [-0.15, -0.1) is 0 Å². The highest BCUT2D eigenvalue weighted by atomic mass is 35.5. The molecule has 0 fully saturated rings. The molecule has 4 aromatic rings. The molecule has 0 saturated heterocycles. The molecule has 0 aliphatic rings. The van der Waals surface area contributed by atoms with Gasteiger partial charge in [-0.2, -0.15) is 0 Å². The summed E-state index contributed by atoms with van der Waals surface area (Å²) in [4.78, 5) is 98.6. The van der Waals surface area contributed by atoms with Crippen LogP contribution in [0.15, 0.2) is 97.1 Å². The van der Waals surface area contributed by atoms with Gasteiger partial charge in [0.2, 0.25) is 11.8 Å². The Morgan fingerprint density at radius 3 is 0.860 bits per heavy atom. The minimum Gasteiger partial charge on any atom is -0.481 e. The van der Waals surface area contributed by atoms with Gasteiger partial charge in [0.05, 0.1) is 12.3 Å². The van der Waals surface area contributed by atoms with Crippen molar-refractivity contribution in [2.75, 3.05) is 35.2 Å². The lowest BCUT2D eigenvalue weighted by Crippen LogP contribution is -2.49. The molecule has 86 heavy (non-hydrogen) atoms. The lowest BCUT2D eigenvalue weighted by molar-refractivity contribution is -0.159. The fourth-order valence-corrected chi connectivity index (χ4v) is 7.69. The van der Waals surface area contributed by atoms with E-state index in [-0.39, 0.29) is 39.5 Å². The number of hydrogen-bond acceptors (Lipinski definition) is 12. The molecule has 4 N–H and O–H groups in total. The highest BCUT2D eigenvalue weighted by Gasteiger charge is 2.33. The van der Waals surface area contributed by atoms with E-state index in [1.165, 1.54) is 16.8 Å². The molecule has 24 heteroatoms. The minimum absolute atomic E-state index is 0. The summed E-state index contributed by atoms with van der Waals surface area (Å²) in [5, 5.41) is 26.1. The van der Waals surface area contributed by atoms with Crippen LogP contribution < -0.4 is 10.6 Å². The Morgan fingerprint density at radius 1 is 0.407 bits per heavy atom. The van der Waals surface area contributed by atoms with E-state index >= 15 is 0 Å². The van der Waals surface area contributed by atoms with Gasteiger partial charge in [-0.1, -0.05) is 94.9 Å². The zero-order valence-corrected chi connectivity index (χ0v) is 55.3. The number of likely N-dealkylation sites (N-methyl/N-ethyl adjacent to an activating group) is 5. The molecule has 0 aliphatic carbocycles. The molecular formula is C62H85BCl4N5O14. The average Bonchev–Trinajstić information content (AvgIpc) is 3.37. The summed E-state index contributed by atoms with van der Waals surface area (Å²) < 4.78 is 21.0. The summed E-state index contributed by atoms with van der Waals surface area (Å²) in [6, 6.07) is 25.8. The highest BCUT2D eigenvalue weighted by molar-refractivity contribution is 6.31. The second-order valence-corrected chi connectivity index (χ2v) is 25.3. The Kier molecular flexibility index (Phi) is 33.6. The van der Waals surface area contributed by atoms with Crippen LogP contribution in [-0.4, -0.2) is 157 Å². The average molecular weight is 1280 g/mol. The number of esters is 1. The first-order valence-electron chi connectivity index (χ1n) is 27.0. The summed E-state index contributed by atoms with van der Waals surface area (Å²) in [6.45, 7) is 21.1. The molecule has 0 heterocycles. The fraction of sp³-hybridized carbons (Fsp3) is 0.484. The number of amides is 5. The molecule has 0 saturated carbocycles. The number of hydrogen-bond donors (Lipinski definition) is 4. The maximum atomic E-state index is 12.2. The van der Waals surface area contributed by atoms with E-state index in [1.807, 2.05) is 24.3 Å². The largest absolute Gasteiger partial charge is 0.481 e. The number of carbonyl (C=O) groups excluding carboxylic acids is 6. The molecule has 473 valence electrons. The van der Waals surface area contributed by atoms with Crippen LogP contribution in [0.5, 0.6) is 0 Å². The summed E-state index contributed by atoms with van der Waals surface area (Å²) >= 11 is 23.3. The van der Waals surface area contributed by atoms with Crippen molar-refractivity contribution in [1.29, 1.82) is 0 Å². The van der Waals surface area contributed by atoms with Gasteiger partial charge in [-0.25, -0.2) is 19.2 Å². The fourth-order valence-electron chi connectivity index (χ4n) is 7.19. The number of ether oxygens (including phenoxy) is 4. The predicted molar refractivity (Wildman–Crippen MR) is 337 cm³/mol. The number of nitrogens with zero attached hydrogens (tertiary/aromatic N) is 3. The molecule has 0 aliphatic heterocycles. The van der Waals surface area contributed by atoms with Crippen molar-refractivity contribution in [3.63, 3.8) is 0 Å². The monoisotopic (exact) mass is 1270 g/mol. The number of carboxylic acid groups (broad SMARTS) is 2. The quantitative estimate of drug-likeness (QED) is 0.0436. The second kappa shape index (κ2) is 36.4. The second-order valence-electron chi connectivity index (χ2n) is 23.5. The number of halogens is 4. The van der Waals surface area contributed by atoms with Crippen LogP contribution in [0.4, 0.5) is 14.4 Å². The molecule has 3 radical (unpaired) electrons. The summed E-state index contributed by atoms with van der Waals surface area (Å²) in [6.07, 6.45) is -0.656. The maximum Gasteiger partial charge on any atom is 0.410 e. The third kappa shape index (κ3) is 32.7. The number of benzene rings is 4. The van der Waals surface area contributed by atoms with Crippen molar-refractivity contribution in [2.24, 2.45) is 5.92 Å². The van der Waals surface area contributed by atoms with Crippen molar-refractivity contribution in [3.05, 3.63) is 139 Å². The van der Waals surface area contributed by atoms with Gasteiger partial charge in [0.25, 0.3) is 0 Å². The van der Waals surface area contributed by atoms with Crippen LogP contribution in [0.25, 0.3) is 0 Å². The molecule has 5 amide bonds. The number of rotatable bonds is 17. The first-order valence-corrected chi connectivity index (χ1v) is 28.5. The van der Waals surface area contributed by atoms with Crippen LogP contribution in [-0.2, 0) is 68.6 Å². The first kappa shape index (κ1) is 79.3. The zero-order valence-electron chi connectivity index (χ0n) is 52.3. The molecule has 4 aromatic carbocycles. The van der Waals surface area contributed by atoms with Crippen molar-refractivity contribution in [2.45, 2.75) is 156 Å². The Bertz CT molecular complexity index is 2700. The number of nitrogens with one attached hydrogen (secondary N) is 2. The van der Waals surface area contributed by atoms with Gasteiger partial charge in [-0.3, -0.25) is 33.9 Å². The Morgan fingerprint density at radius 2 is 0.640 bits per heavy atom. The third-order valence-corrected chi connectivity index (χ3v) is 12.4. The lowest BCUT2D eigenvalue weighted by atomic mass is 9.96. The SMILES string of the molecule is CC(C)(C)OC(=O)C[C@H](Cc1ccc(Cl)cc1)C(=O)O.CN(C(=O)OC(C)(C)C)[C@H](Cc1ccc(Cl)cc1)C(=O)O.CNC(=O)[C@@H](Cc1ccc(Cl)cc1)N(C)C(=O)OC(C)(C)C.CNC(=O)[C@@H](Cc1ccc(Cl)cc1)N(C)C(=O)OC(C)(C)C.[B]. The van der Waals surface area contributed by atoms with Crippen molar-refractivity contribution in [1.82, 2.24) is 25.3 Å². The molecular weight excluding hydrogens is 1190 g/mol. The van der Waals surface area contributed by atoms with Gasteiger partial charge in [0.1, 0.15) is 40.5 Å². The normalized spacial score (nSPS) is 12.4.